The molecular formula is C14H31N3. The van der Waals surface area contributed by atoms with Crippen LogP contribution in [-0.4, -0.2) is 61.7 Å². The summed E-state index contributed by atoms with van der Waals surface area (Å²) in [4.78, 5) is 5.06. The molecule has 1 rings (SSSR count). The summed E-state index contributed by atoms with van der Waals surface area (Å²) in [5, 5.41) is 3.55. The molecule has 0 aliphatic carbocycles. The van der Waals surface area contributed by atoms with Crippen LogP contribution in [-0.2, 0) is 0 Å². The van der Waals surface area contributed by atoms with Crippen LogP contribution in [0.1, 0.15) is 40.0 Å². The van der Waals surface area contributed by atoms with Crippen LogP contribution in [0, 0.1) is 0 Å². The van der Waals surface area contributed by atoms with Gasteiger partial charge < -0.3 is 5.32 Å². The van der Waals surface area contributed by atoms with Crippen molar-refractivity contribution in [2.75, 3.05) is 46.3 Å². The quantitative estimate of drug-likeness (QED) is 0.686. The fourth-order valence-electron chi connectivity index (χ4n) is 2.39. The van der Waals surface area contributed by atoms with E-state index in [2.05, 4.69) is 42.9 Å². The van der Waals surface area contributed by atoms with Gasteiger partial charge in [0.25, 0.3) is 0 Å². The molecule has 1 N–H and O–H groups in total. The molecule has 0 atom stereocenters. The first-order valence-electron chi connectivity index (χ1n) is 7.20. The number of hydrogen-bond donors (Lipinski definition) is 1. The second-order valence-electron chi connectivity index (χ2n) is 5.97. The molecule has 1 aliphatic heterocycles. The summed E-state index contributed by atoms with van der Waals surface area (Å²) in [6, 6.07) is 0. The average Bonchev–Trinajstić information content (AvgIpc) is 2.28. The van der Waals surface area contributed by atoms with Crippen molar-refractivity contribution in [3.63, 3.8) is 0 Å². The van der Waals surface area contributed by atoms with Crippen LogP contribution in [0.5, 0.6) is 0 Å². The van der Waals surface area contributed by atoms with E-state index in [9.17, 15) is 0 Å². The van der Waals surface area contributed by atoms with E-state index in [0.29, 0.717) is 5.54 Å². The summed E-state index contributed by atoms with van der Waals surface area (Å²) in [7, 11) is 2.24. The fraction of sp³-hybridized carbons (Fsp3) is 1.00. The molecule has 0 saturated carbocycles. The topological polar surface area (TPSA) is 18.5 Å². The minimum atomic E-state index is 0.334. The Morgan fingerprint density at radius 3 is 2.53 bits per heavy atom. The van der Waals surface area contributed by atoms with Gasteiger partial charge in [0.05, 0.1) is 0 Å². The Kier molecular flexibility index (Phi) is 6.45. The van der Waals surface area contributed by atoms with Gasteiger partial charge in [0.2, 0.25) is 0 Å². The van der Waals surface area contributed by atoms with Crippen LogP contribution in [0.15, 0.2) is 0 Å². The van der Waals surface area contributed by atoms with Crippen LogP contribution in [0.3, 0.4) is 0 Å². The Labute approximate surface area is 108 Å². The van der Waals surface area contributed by atoms with Gasteiger partial charge in [0.1, 0.15) is 0 Å². The predicted octanol–water partition coefficient (Wildman–Crippen LogP) is 1.79. The van der Waals surface area contributed by atoms with Gasteiger partial charge in [0, 0.05) is 38.3 Å². The van der Waals surface area contributed by atoms with Gasteiger partial charge in [-0.3, -0.25) is 9.80 Å². The van der Waals surface area contributed by atoms with E-state index >= 15 is 0 Å². The molecular weight excluding hydrogens is 210 g/mol. The smallest absolute Gasteiger partial charge is 0.0277 e. The van der Waals surface area contributed by atoms with E-state index in [1.807, 2.05) is 0 Å². The van der Waals surface area contributed by atoms with Crippen LogP contribution in [0.2, 0.25) is 0 Å². The van der Waals surface area contributed by atoms with Crippen molar-refractivity contribution in [1.29, 1.82) is 0 Å². The molecule has 0 aromatic carbocycles. The van der Waals surface area contributed by atoms with Gasteiger partial charge in [-0.15, -0.1) is 0 Å². The van der Waals surface area contributed by atoms with Gasteiger partial charge in [-0.2, -0.15) is 0 Å². The molecule has 0 radical (unpaired) electrons. The minimum absolute atomic E-state index is 0.334. The van der Waals surface area contributed by atoms with Crippen molar-refractivity contribution in [1.82, 2.24) is 15.1 Å². The van der Waals surface area contributed by atoms with E-state index in [1.54, 1.807) is 0 Å². The van der Waals surface area contributed by atoms with Crippen molar-refractivity contribution in [3.8, 4) is 0 Å². The molecule has 1 aliphatic rings. The number of unbranched alkanes of at least 4 members (excludes halogenated alkanes) is 2. The van der Waals surface area contributed by atoms with Crippen molar-refractivity contribution in [2.24, 2.45) is 0 Å². The maximum Gasteiger partial charge on any atom is 0.0277 e. The number of nitrogens with zero attached hydrogens (tertiary/aromatic N) is 2. The molecule has 0 unspecified atom stereocenters. The molecule has 1 saturated heterocycles. The minimum Gasteiger partial charge on any atom is -0.315 e. The number of rotatable bonds is 7. The summed E-state index contributed by atoms with van der Waals surface area (Å²) in [5.41, 5.74) is 0.334. The van der Waals surface area contributed by atoms with Crippen molar-refractivity contribution >= 4 is 0 Å². The highest BCUT2D eigenvalue weighted by molar-refractivity contribution is 4.88. The molecule has 102 valence electrons. The summed E-state index contributed by atoms with van der Waals surface area (Å²) in [6.07, 6.45) is 3.99. The largest absolute Gasteiger partial charge is 0.315 e. The maximum absolute atomic E-state index is 3.55. The highest BCUT2D eigenvalue weighted by Gasteiger charge is 2.30. The standard InChI is InChI=1S/C14H31N3/c1-5-6-7-8-15-9-10-17-12-11-16(4)14(2,3)13-17/h15H,5-13H2,1-4H3. The van der Waals surface area contributed by atoms with Crippen LogP contribution in [0.4, 0.5) is 0 Å². The van der Waals surface area contributed by atoms with Gasteiger partial charge in [-0.05, 0) is 33.9 Å². The van der Waals surface area contributed by atoms with E-state index in [0.717, 1.165) is 6.54 Å². The Morgan fingerprint density at radius 2 is 1.88 bits per heavy atom. The first-order valence-corrected chi connectivity index (χ1v) is 7.20. The summed E-state index contributed by atoms with van der Waals surface area (Å²) >= 11 is 0. The lowest BCUT2D eigenvalue weighted by atomic mass is 10.00. The average molecular weight is 241 g/mol. The van der Waals surface area contributed by atoms with Crippen molar-refractivity contribution in [2.45, 2.75) is 45.6 Å². The second kappa shape index (κ2) is 7.34. The van der Waals surface area contributed by atoms with E-state index in [4.69, 9.17) is 0 Å². The fourth-order valence-corrected chi connectivity index (χ4v) is 2.39. The molecule has 3 nitrogen and oxygen atoms in total. The third-order valence-corrected chi connectivity index (χ3v) is 3.96. The highest BCUT2D eigenvalue weighted by atomic mass is 15.3. The molecule has 0 aromatic rings. The van der Waals surface area contributed by atoms with Gasteiger partial charge in [0.15, 0.2) is 0 Å². The first kappa shape index (κ1) is 14.9. The van der Waals surface area contributed by atoms with Gasteiger partial charge >= 0.3 is 0 Å². The Morgan fingerprint density at radius 1 is 1.12 bits per heavy atom. The Balaban J connectivity index is 2.08. The zero-order valence-corrected chi connectivity index (χ0v) is 12.3. The lowest BCUT2D eigenvalue weighted by Crippen LogP contribution is -2.58. The Bertz CT molecular complexity index is 204. The van der Waals surface area contributed by atoms with Crippen LogP contribution < -0.4 is 5.32 Å². The number of nitrogens with one attached hydrogen (secondary N) is 1. The summed E-state index contributed by atoms with van der Waals surface area (Å²) in [5.74, 6) is 0. The number of likely N-dealkylation sites (N-methyl/N-ethyl adjacent to an activating group) is 1. The summed E-state index contributed by atoms with van der Waals surface area (Å²) in [6.45, 7) is 14.1. The molecule has 0 amide bonds. The molecule has 3 heteroatoms. The zero-order chi connectivity index (χ0) is 12.7. The number of hydrogen-bond acceptors (Lipinski definition) is 3. The summed E-state index contributed by atoms with van der Waals surface area (Å²) < 4.78 is 0. The van der Waals surface area contributed by atoms with Crippen LogP contribution in [0.25, 0.3) is 0 Å². The highest BCUT2D eigenvalue weighted by Crippen LogP contribution is 2.18. The second-order valence-corrected chi connectivity index (χ2v) is 5.97. The van der Waals surface area contributed by atoms with Crippen molar-refractivity contribution in [3.05, 3.63) is 0 Å². The van der Waals surface area contributed by atoms with Gasteiger partial charge in [-0.25, -0.2) is 0 Å². The van der Waals surface area contributed by atoms with E-state index in [-0.39, 0.29) is 0 Å². The molecule has 1 heterocycles. The molecule has 17 heavy (non-hydrogen) atoms. The third kappa shape index (κ3) is 5.36. The molecule has 1 fully saturated rings. The monoisotopic (exact) mass is 241 g/mol. The van der Waals surface area contributed by atoms with E-state index < -0.39 is 0 Å². The van der Waals surface area contributed by atoms with Crippen molar-refractivity contribution < 1.29 is 0 Å². The Hall–Kier alpha value is -0.120. The lowest BCUT2D eigenvalue weighted by molar-refractivity contribution is 0.0407. The number of piperazine rings is 1. The predicted molar refractivity (Wildman–Crippen MR) is 75.5 cm³/mol. The molecule has 0 spiro atoms. The normalized spacial score (nSPS) is 21.9. The zero-order valence-electron chi connectivity index (χ0n) is 12.3. The van der Waals surface area contributed by atoms with Gasteiger partial charge in [-0.1, -0.05) is 19.8 Å². The first-order chi connectivity index (χ1) is 8.06. The molecule has 0 aromatic heterocycles. The van der Waals surface area contributed by atoms with Crippen LogP contribution >= 0.6 is 0 Å². The SMILES string of the molecule is CCCCCNCCN1CCN(C)C(C)(C)C1. The lowest BCUT2D eigenvalue weighted by Gasteiger charge is -2.45. The third-order valence-electron chi connectivity index (χ3n) is 3.96. The maximum atomic E-state index is 3.55. The molecule has 0 bridgehead atoms. The van der Waals surface area contributed by atoms with E-state index in [1.165, 1.54) is 52.0 Å².